The molecule has 16 heavy (non-hydrogen) atoms. The molecule has 0 amide bonds. The number of esters is 1. The molecule has 1 aromatic heterocycles. The minimum Gasteiger partial charge on any atom is -0.462 e. The number of hydrogen-bond acceptors (Lipinski definition) is 3. The first kappa shape index (κ1) is 12.7. The van der Waals surface area contributed by atoms with Gasteiger partial charge in [0.1, 0.15) is 5.56 Å². The van der Waals surface area contributed by atoms with Crippen molar-refractivity contribution in [2.45, 2.75) is 40.7 Å². The van der Waals surface area contributed by atoms with Gasteiger partial charge in [-0.1, -0.05) is 13.8 Å². The first-order valence-electron chi connectivity index (χ1n) is 5.75. The summed E-state index contributed by atoms with van der Waals surface area (Å²) in [7, 11) is 0. The van der Waals surface area contributed by atoms with Crippen LogP contribution in [0.5, 0.6) is 0 Å². The van der Waals surface area contributed by atoms with E-state index in [9.17, 15) is 4.79 Å². The van der Waals surface area contributed by atoms with Gasteiger partial charge in [0, 0.05) is 12.2 Å². The predicted molar refractivity (Wildman–Crippen MR) is 62.4 cm³/mol. The molecule has 0 saturated carbocycles. The van der Waals surface area contributed by atoms with E-state index < -0.39 is 0 Å². The van der Waals surface area contributed by atoms with E-state index in [1.54, 1.807) is 13.1 Å². The molecule has 1 heterocycles. The van der Waals surface area contributed by atoms with Gasteiger partial charge in [-0.15, -0.1) is 0 Å². The number of carbonyl (C=O) groups excluding carboxylic acids is 1. The summed E-state index contributed by atoms with van der Waals surface area (Å²) in [5.41, 5.74) is 1.46. The summed E-state index contributed by atoms with van der Waals surface area (Å²) >= 11 is 0. The molecular weight excluding hydrogens is 204 g/mol. The zero-order valence-corrected chi connectivity index (χ0v) is 10.5. The first-order valence-corrected chi connectivity index (χ1v) is 5.75. The van der Waals surface area contributed by atoms with Crippen molar-refractivity contribution in [3.63, 3.8) is 0 Å². The Balaban J connectivity index is 2.72. The van der Waals surface area contributed by atoms with Gasteiger partial charge in [-0.25, -0.2) is 4.79 Å². The second kappa shape index (κ2) is 5.68. The molecule has 0 aliphatic heterocycles. The van der Waals surface area contributed by atoms with E-state index >= 15 is 0 Å². The zero-order chi connectivity index (χ0) is 12.1. The van der Waals surface area contributed by atoms with Crippen molar-refractivity contribution in [2.24, 2.45) is 5.92 Å². The third-order valence-corrected chi connectivity index (χ3v) is 2.52. The molecule has 0 unspecified atom stereocenters. The van der Waals surface area contributed by atoms with Gasteiger partial charge in [0.15, 0.2) is 0 Å². The van der Waals surface area contributed by atoms with Crippen molar-refractivity contribution in [3.8, 4) is 0 Å². The normalized spacial score (nSPS) is 10.8. The third kappa shape index (κ3) is 3.08. The Kier molecular flexibility index (Phi) is 4.52. The molecule has 1 aromatic rings. The standard InChI is InChI=1S/C12H20N2O2/c1-5-16-12(15)11-8-13-14(10(11)4)7-6-9(2)3/h8-9H,5-7H2,1-4H3. The fourth-order valence-corrected chi connectivity index (χ4v) is 1.46. The lowest BCUT2D eigenvalue weighted by molar-refractivity contribution is 0.0525. The van der Waals surface area contributed by atoms with Gasteiger partial charge in [0.05, 0.1) is 12.8 Å². The van der Waals surface area contributed by atoms with Crippen LogP contribution in [-0.2, 0) is 11.3 Å². The Bertz CT molecular complexity index is 356. The highest BCUT2D eigenvalue weighted by atomic mass is 16.5. The number of rotatable bonds is 5. The predicted octanol–water partition coefficient (Wildman–Crippen LogP) is 2.41. The fourth-order valence-electron chi connectivity index (χ4n) is 1.46. The number of carbonyl (C=O) groups is 1. The number of nitrogens with zero attached hydrogens (tertiary/aromatic N) is 2. The van der Waals surface area contributed by atoms with Crippen LogP contribution in [-0.4, -0.2) is 22.4 Å². The van der Waals surface area contributed by atoms with Crippen molar-refractivity contribution < 1.29 is 9.53 Å². The molecule has 0 spiro atoms. The molecule has 1 rings (SSSR count). The van der Waals surface area contributed by atoms with Crippen molar-refractivity contribution in [1.29, 1.82) is 0 Å². The quantitative estimate of drug-likeness (QED) is 0.721. The van der Waals surface area contributed by atoms with E-state index in [0.29, 0.717) is 18.1 Å². The summed E-state index contributed by atoms with van der Waals surface area (Å²) in [6.45, 7) is 9.30. The van der Waals surface area contributed by atoms with E-state index in [4.69, 9.17) is 4.74 Å². The summed E-state index contributed by atoms with van der Waals surface area (Å²) in [4.78, 5) is 11.5. The molecule has 0 saturated heterocycles. The van der Waals surface area contributed by atoms with E-state index in [0.717, 1.165) is 18.7 Å². The summed E-state index contributed by atoms with van der Waals surface area (Å²) < 4.78 is 6.82. The highest BCUT2D eigenvalue weighted by molar-refractivity contribution is 5.90. The third-order valence-electron chi connectivity index (χ3n) is 2.52. The van der Waals surface area contributed by atoms with Gasteiger partial charge < -0.3 is 4.74 Å². The largest absolute Gasteiger partial charge is 0.462 e. The van der Waals surface area contributed by atoms with Crippen LogP contribution in [0.3, 0.4) is 0 Å². The molecular formula is C12H20N2O2. The molecule has 0 radical (unpaired) electrons. The van der Waals surface area contributed by atoms with Gasteiger partial charge in [-0.2, -0.15) is 5.10 Å². The minimum absolute atomic E-state index is 0.282. The van der Waals surface area contributed by atoms with E-state index in [2.05, 4.69) is 18.9 Å². The van der Waals surface area contributed by atoms with Crippen LogP contribution in [0.15, 0.2) is 6.20 Å². The smallest absolute Gasteiger partial charge is 0.341 e. The van der Waals surface area contributed by atoms with Crippen LogP contribution < -0.4 is 0 Å². The highest BCUT2D eigenvalue weighted by Gasteiger charge is 2.14. The molecule has 0 bridgehead atoms. The van der Waals surface area contributed by atoms with Gasteiger partial charge in [-0.3, -0.25) is 4.68 Å². The molecule has 0 aromatic carbocycles. The summed E-state index contributed by atoms with van der Waals surface area (Å²) in [5, 5.41) is 4.21. The maximum Gasteiger partial charge on any atom is 0.341 e. The average molecular weight is 224 g/mol. The molecule has 4 nitrogen and oxygen atoms in total. The Morgan fingerprint density at radius 1 is 1.56 bits per heavy atom. The van der Waals surface area contributed by atoms with Crippen molar-refractivity contribution >= 4 is 5.97 Å². The summed E-state index contributed by atoms with van der Waals surface area (Å²) in [6, 6.07) is 0. The van der Waals surface area contributed by atoms with Crippen LogP contribution in [0, 0.1) is 12.8 Å². The summed E-state index contributed by atoms with van der Waals surface area (Å²) in [6.07, 6.45) is 2.65. The second-order valence-corrected chi connectivity index (χ2v) is 4.27. The Morgan fingerprint density at radius 3 is 2.81 bits per heavy atom. The van der Waals surface area contributed by atoms with Crippen molar-refractivity contribution in [1.82, 2.24) is 9.78 Å². The number of ether oxygens (including phenoxy) is 1. The van der Waals surface area contributed by atoms with Crippen LogP contribution in [0.4, 0.5) is 0 Å². The average Bonchev–Trinajstić information content (AvgIpc) is 2.57. The molecule has 0 aliphatic carbocycles. The molecule has 4 heteroatoms. The lowest BCUT2D eigenvalue weighted by atomic mass is 10.1. The van der Waals surface area contributed by atoms with Crippen molar-refractivity contribution in [3.05, 3.63) is 17.5 Å². The molecule has 90 valence electrons. The van der Waals surface area contributed by atoms with Gasteiger partial charge >= 0.3 is 5.97 Å². The Morgan fingerprint density at radius 2 is 2.25 bits per heavy atom. The highest BCUT2D eigenvalue weighted by Crippen LogP contribution is 2.11. The lowest BCUT2D eigenvalue weighted by Gasteiger charge is -2.07. The minimum atomic E-state index is -0.282. The van der Waals surface area contributed by atoms with Crippen LogP contribution in [0.1, 0.15) is 43.2 Å². The fraction of sp³-hybridized carbons (Fsp3) is 0.667. The number of aromatic nitrogens is 2. The van der Waals surface area contributed by atoms with Gasteiger partial charge in [0.25, 0.3) is 0 Å². The van der Waals surface area contributed by atoms with E-state index in [1.165, 1.54) is 0 Å². The van der Waals surface area contributed by atoms with Crippen LogP contribution in [0.25, 0.3) is 0 Å². The van der Waals surface area contributed by atoms with Gasteiger partial charge in [0.2, 0.25) is 0 Å². The first-order chi connectivity index (χ1) is 7.56. The zero-order valence-electron chi connectivity index (χ0n) is 10.5. The van der Waals surface area contributed by atoms with E-state index in [-0.39, 0.29) is 5.97 Å². The van der Waals surface area contributed by atoms with Crippen LogP contribution >= 0.6 is 0 Å². The van der Waals surface area contributed by atoms with Gasteiger partial charge in [-0.05, 0) is 26.2 Å². The lowest BCUT2D eigenvalue weighted by Crippen LogP contribution is -2.08. The Labute approximate surface area is 96.6 Å². The second-order valence-electron chi connectivity index (χ2n) is 4.27. The molecule has 0 atom stereocenters. The molecule has 0 N–H and O–H groups in total. The molecule has 0 aliphatic rings. The van der Waals surface area contributed by atoms with E-state index in [1.807, 2.05) is 11.6 Å². The number of hydrogen-bond donors (Lipinski definition) is 0. The number of aryl methyl sites for hydroxylation is 1. The topological polar surface area (TPSA) is 44.1 Å². The summed E-state index contributed by atoms with van der Waals surface area (Å²) in [5.74, 6) is 0.352. The van der Waals surface area contributed by atoms with Crippen molar-refractivity contribution in [2.75, 3.05) is 6.61 Å². The Hall–Kier alpha value is -1.32. The monoisotopic (exact) mass is 224 g/mol. The maximum absolute atomic E-state index is 11.5. The van der Waals surface area contributed by atoms with Crippen LogP contribution in [0.2, 0.25) is 0 Å². The SMILES string of the molecule is CCOC(=O)c1cnn(CCC(C)C)c1C. The maximum atomic E-state index is 11.5. The molecule has 0 fully saturated rings.